The number of nitrogens with zero attached hydrogens (tertiary/aromatic N) is 1. The summed E-state index contributed by atoms with van der Waals surface area (Å²) in [6, 6.07) is 8.79. The fraction of sp³-hybridized carbons (Fsp3) is 0.533. The molecule has 21 heavy (non-hydrogen) atoms. The minimum absolute atomic E-state index is 0. The number of thioether (sulfide) groups is 1. The summed E-state index contributed by atoms with van der Waals surface area (Å²) in [6.45, 7) is 1.77. The fourth-order valence-electron chi connectivity index (χ4n) is 2.94. The number of nitrogens with one attached hydrogen (secondary N) is 1. The second kappa shape index (κ2) is 7.73. The molecule has 2 unspecified atom stereocenters. The average Bonchev–Trinajstić information content (AvgIpc) is 2.77. The zero-order valence-corrected chi connectivity index (χ0v) is 14.1. The predicted octanol–water partition coefficient (Wildman–Crippen LogP) is 3.21. The highest BCUT2D eigenvalue weighted by atomic mass is 35.5. The molecule has 2 fully saturated rings. The predicted molar refractivity (Wildman–Crippen MR) is 90.6 cm³/mol. The maximum Gasteiger partial charge on any atom is 0.232 e. The van der Waals surface area contributed by atoms with Gasteiger partial charge in [-0.1, -0.05) is 11.6 Å². The molecule has 1 amide bonds. The SMILES string of the molecule is Cl.O=C(CSc1ccc(Cl)cc1)N1CCC2CCC(C1)N2. The third kappa shape index (κ3) is 4.52. The molecule has 3 rings (SSSR count). The van der Waals surface area contributed by atoms with Crippen LogP contribution in [-0.4, -0.2) is 41.7 Å². The van der Waals surface area contributed by atoms with Crippen molar-refractivity contribution in [1.29, 1.82) is 0 Å². The largest absolute Gasteiger partial charge is 0.340 e. The van der Waals surface area contributed by atoms with Crippen LogP contribution in [-0.2, 0) is 4.79 Å². The summed E-state index contributed by atoms with van der Waals surface area (Å²) in [5, 5.41) is 4.33. The third-order valence-corrected chi connectivity index (χ3v) is 5.30. The van der Waals surface area contributed by atoms with Crippen LogP contribution in [0.25, 0.3) is 0 Å². The number of fused-ring (bicyclic) bond motifs is 2. The van der Waals surface area contributed by atoms with Crippen LogP contribution in [0, 0.1) is 0 Å². The average molecular weight is 347 g/mol. The Hall–Kier alpha value is -0.420. The monoisotopic (exact) mass is 346 g/mol. The quantitative estimate of drug-likeness (QED) is 0.853. The first-order chi connectivity index (χ1) is 9.70. The van der Waals surface area contributed by atoms with Crippen molar-refractivity contribution in [2.24, 2.45) is 0 Å². The highest BCUT2D eigenvalue weighted by Gasteiger charge is 2.30. The number of amides is 1. The van der Waals surface area contributed by atoms with E-state index in [9.17, 15) is 4.79 Å². The lowest BCUT2D eigenvalue weighted by molar-refractivity contribution is -0.128. The molecule has 1 aromatic rings. The minimum Gasteiger partial charge on any atom is -0.340 e. The van der Waals surface area contributed by atoms with Gasteiger partial charge in [-0.3, -0.25) is 4.79 Å². The number of carbonyl (C=O) groups excluding carboxylic acids is 1. The van der Waals surface area contributed by atoms with Crippen molar-refractivity contribution in [3.8, 4) is 0 Å². The van der Waals surface area contributed by atoms with Gasteiger partial charge >= 0.3 is 0 Å². The lowest BCUT2D eigenvalue weighted by Gasteiger charge is -2.24. The third-order valence-electron chi connectivity index (χ3n) is 4.05. The van der Waals surface area contributed by atoms with Crippen molar-refractivity contribution in [2.45, 2.75) is 36.2 Å². The molecule has 2 heterocycles. The van der Waals surface area contributed by atoms with Crippen molar-refractivity contribution in [3.63, 3.8) is 0 Å². The maximum absolute atomic E-state index is 12.3. The Kier molecular flexibility index (Phi) is 6.23. The zero-order chi connectivity index (χ0) is 13.9. The molecule has 0 aromatic heterocycles. The Labute approximate surface area is 141 Å². The normalized spacial score (nSPS) is 24.3. The molecule has 2 aliphatic rings. The van der Waals surface area contributed by atoms with Crippen molar-refractivity contribution in [3.05, 3.63) is 29.3 Å². The van der Waals surface area contributed by atoms with Gasteiger partial charge in [0.05, 0.1) is 5.75 Å². The van der Waals surface area contributed by atoms with Crippen molar-refractivity contribution < 1.29 is 4.79 Å². The molecule has 1 N–H and O–H groups in total. The molecular formula is C15H20Cl2N2OS. The van der Waals surface area contributed by atoms with Crippen LogP contribution in [0.5, 0.6) is 0 Å². The maximum atomic E-state index is 12.3. The van der Waals surface area contributed by atoms with E-state index in [1.165, 1.54) is 12.8 Å². The molecule has 0 aliphatic carbocycles. The van der Waals surface area contributed by atoms with Gasteiger partial charge < -0.3 is 10.2 Å². The van der Waals surface area contributed by atoms with E-state index in [1.807, 2.05) is 29.2 Å². The second-order valence-corrected chi connectivity index (χ2v) is 6.99. The number of benzene rings is 1. The Morgan fingerprint density at radius 3 is 2.71 bits per heavy atom. The highest BCUT2D eigenvalue weighted by molar-refractivity contribution is 8.00. The van der Waals surface area contributed by atoms with Crippen LogP contribution in [0.1, 0.15) is 19.3 Å². The van der Waals surface area contributed by atoms with Crippen LogP contribution in [0.15, 0.2) is 29.2 Å². The number of carbonyl (C=O) groups is 1. The second-order valence-electron chi connectivity index (χ2n) is 5.51. The Morgan fingerprint density at radius 1 is 1.24 bits per heavy atom. The van der Waals surface area contributed by atoms with Crippen molar-refractivity contribution in [1.82, 2.24) is 10.2 Å². The van der Waals surface area contributed by atoms with E-state index >= 15 is 0 Å². The van der Waals surface area contributed by atoms with Gasteiger partial charge in [0.2, 0.25) is 5.91 Å². The molecule has 0 saturated carbocycles. The van der Waals surface area contributed by atoms with E-state index in [0.717, 1.165) is 29.4 Å². The summed E-state index contributed by atoms with van der Waals surface area (Å²) in [5.74, 6) is 0.762. The number of rotatable bonds is 3. The van der Waals surface area contributed by atoms with E-state index < -0.39 is 0 Å². The minimum atomic E-state index is 0. The Morgan fingerprint density at radius 2 is 1.95 bits per heavy atom. The fourth-order valence-corrected chi connectivity index (χ4v) is 3.86. The molecule has 3 nitrogen and oxygen atoms in total. The van der Waals surface area contributed by atoms with Crippen LogP contribution in [0.2, 0.25) is 5.02 Å². The summed E-state index contributed by atoms with van der Waals surface area (Å²) in [5.41, 5.74) is 0. The summed E-state index contributed by atoms with van der Waals surface area (Å²) >= 11 is 7.45. The smallest absolute Gasteiger partial charge is 0.232 e. The lowest BCUT2D eigenvalue weighted by atomic mass is 10.1. The van der Waals surface area contributed by atoms with Crippen LogP contribution >= 0.6 is 35.8 Å². The van der Waals surface area contributed by atoms with E-state index in [2.05, 4.69) is 5.32 Å². The number of likely N-dealkylation sites (tertiary alicyclic amines) is 1. The number of hydrogen-bond acceptors (Lipinski definition) is 3. The zero-order valence-electron chi connectivity index (χ0n) is 11.8. The van der Waals surface area contributed by atoms with E-state index in [-0.39, 0.29) is 18.3 Å². The summed E-state index contributed by atoms with van der Waals surface area (Å²) in [4.78, 5) is 15.4. The van der Waals surface area contributed by atoms with Gasteiger partial charge in [0.1, 0.15) is 0 Å². The Bertz CT molecular complexity index is 483. The van der Waals surface area contributed by atoms with Crippen LogP contribution in [0.3, 0.4) is 0 Å². The van der Waals surface area contributed by atoms with E-state index in [1.54, 1.807) is 11.8 Å². The van der Waals surface area contributed by atoms with Gasteiger partial charge in [0.25, 0.3) is 0 Å². The van der Waals surface area contributed by atoms with Gasteiger partial charge in [-0.15, -0.1) is 24.2 Å². The molecule has 2 bridgehead atoms. The lowest BCUT2D eigenvalue weighted by Crippen LogP contribution is -2.39. The first-order valence-corrected chi connectivity index (χ1v) is 8.49. The van der Waals surface area contributed by atoms with Gasteiger partial charge in [-0.2, -0.15) is 0 Å². The van der Waals surface area contributed by atoms with Crippen LogP contribution in [0.4, 0.5) is 0 Å². The Balaban J connectivity index is 0.00000161. The first-order valence-electron chi connectivity index (χ1n) is 7.13. The molecule has 2 saturated heterocycles. The molecule has 0 spiro atoms. The van der Waals surface area contributed by atoms with Gasteiger partial charge in [0, 0.05) is 35.1 Å². The van der Waals surface area contributed by atoms with E-state index in [0.29, 0.717) is 17.8 Å². The first kappa shape index (κ1) is 16.9. The molecule has 2 aliphatic heterocycles. The summed E-state index contributed by atoms with van der Waals surface area (Å²) in [7, 11) is 0. The molecular weight excluding hydrogens is 327 g/mol. The molecule has 2 atom stereocenters. The van der Waals surface area contributed by atoms with Gasteiger partial charge in [0.15, 0.2) is 0 Å². The molecule has 1 aromatic carbocycles. The summed E-state index contributed by atoms with van der Waals surface area (Å²) < 4.78 is 0. The van der Waals surface area contributed by atoms with Crippen molar-refractivity contribution >= 4 is 41.7 Å². The molecule has 6 heteroatoms. The van der Waals surface area contributed by atoms with Crippen molar-refractivity contribution in [2.75, 3.05) is 18.8 Å². The number of hydrogen-bond donors (Lipinski definition) is 1. The molecule has 116 valence electrons. The highest BCUT2D eigenvalue weighted by Crippen LogP contribution is 2.23. The summed E-state index contributed by atoms with van der Waals surface area (Å²) in [6.07, 6.45) is 3.57. The van der Waals surface area contributed by atoms with E-state index in [4.69, 9.17) is 11.6 Å². The molecule has 0 radical (unpaired) electrons. The van der Waals surface area contributed by atoms with Gasteiger partial charge in [-0.25, -0.2) is 0 Å². The standard InChI is InChI=1S/C15H19ClN2OS.ClH/c16-11-1-5-14(6-2-11)20-10-15(19)18-8-7-12-3-4-13(9-18)17-12;/h1-2,5-6,12-13,17H,3-4,7-10H2;1H. The topological polar surface area (TPSA) is 32.3 Å². The van der Waals surface area contributed by atoms with Crippen LogP contribution < -0.4 is 5.32 Å². The number of halogens is 2. The van der Waals surface area contributed by atoms with Gasteiger partial charge in [-0.05, 0) is 43.5 Å².